The Morgan fingerprint density at radius 2 is 1.84 bits per heavy atom. The van der Waals surface area contributed by atoms with Gasteiger partial charge in [0.25, 0.3) is 0 Å². The molecular weight excluding hydrogens is 240 g/mol. The van der Waals surface area contributed by atoms with Gasteiger partial charge in [0.2, 0.25) is 0 Å². The molecule has 3 heteroatoms. The first-order chi connectivity index (χ1) is 9.16. The van der Waals surface area contributed by atoms with Crippen molar-refractivity contribution >= 4 is 11.8 Å². The standard InChI is InChI=1S/C16H20O3/c1-2-19-15(18)16(10-8-14(17)9-11-16)12-13-6-4-3-5-7-13/h3-7H,2,8-12H2,1H3. The van der Waals surface area contributed by atoms with E-state index >= 15 is 0 Å². The van der Waals surface area contributed by atoms with E-state index in [9.17, 15) is 9.59 Å². The number of rotatable bonds is 4. The fourth-order valence-electron chi connectivity index (χ4n) is 2.73. The summed E-state index contributed by atoms with van der Waals surface area (Å²) >= 11 is 0. The van der Waals surface area contributed by atoms with Gasteiger partial charge in [-0.3, -0.25) is 9.59 Å². The summed E-state index contributed by atoms with van der Waals surface area (Å²) in [4.78, 5) is 23.7. The summed E-state index contributed by atoms with van der Waals surface area (Å²) in [6, 6.07) is 9.96. The van der Waals surface area contributed by atoms with Crippen molar-refractivity contribution in [3.8, 4) is 0 Å². The topological polar surface area (TPSA) is 43.4 Å². The molecule has 1 aliphatic carbocycles. The molecule has 0 radical (unpaired) electrons. The number of carbonyl (C=O) groups is 2. The van der Waals surface area contributed by atoms with Crippen LogP contribution < -0.4 is 0 Å². The van der Waals surface area contributed by atoms with Crippen LogP contribution in [0.5, 0.6) is 0 Å². The molecule has 1 aromatic carbocycles. The summed E-state index contributed by atoms with van der Waals surface area (Å²) in [6.07, 6.45) is 2.87. The first-order valence-electron chi connectivity index (χ1n) is 6.89. The lowest BCUT2D eigenvalue weighted by molar-refractivity contribution is -0.158. The summed E-state index contributed by atoms with van der Waals surface area (Å²) in [5.74, 6) is 0.110. The summed E-state index contributed by atoms with van der Waals surface area (Å²) in [6.45, 7) is 2.21. The summed E-state index contributed by atoms with van der Waals surface area (Å²) in [5, 5.41) is 0. The van der Waals surface area contributed by atoms with Gasteiger partial charge in [-0.2, -0.15) is 0 Å². The first kappa shape index (κ1) is 13.8. The Hall–Kier alpha value is -1.64. The molecule has 2 rings (SSSR count). The minimum Gasteiger partial charge on any atom is -0.466 e. The highest BCUT2D eigenvalue weighted by molar-refractivity contribution is 5.84. The Labute approximate surface area is 114 Å². The highest BCUT2D eigenvalue weighted by Crippen LogP contribution is 2.39. The van der Waals surface area contributed by atoms with E-state index in [1.54, 1.807) is 0 Å². The molecule has 1 aromatic rings. The third-order valence-electron chi connectivity index (χ3n) is 3.86. The molecule has 0 aliphatic heterocycles. The lowest BCUT2D eigenvalue weighted by atomic mass is 9.70. The largest absolute Gasteiger partial charge is 0.466 e. The molecule has 3 nitrogen and oxygen atoms in total. The predicted octanol–water partition coefficient (Wildman–Crippen LogP) is 2.92. The Balaban J connectivity index is 2.19. The second-order valence-corrected chi connectivity index (χ2v) is 5.20. The van der Waals surface area contributed by atoms with Crippen molar-refractivity contribution in [3.05, 3.63) is 35.9 Å². The zero-order chi connectivity index (χ0) is 13.7. The number of carbonyl (C=O) groups excluding carboxylic acids is 2. The molecule has 1 saturated carbocycles. The van der Waals surface area contributed by atoms with Crippen LogP contribution in [-0.4, -0.2) is 18.4 Å². The average Bonchev–Trinajstić information content (AvgIpc) is 2.43. The lowest BCUT2D eigenvalue weighted by Crippen LogP contribution is -2.39. The number of hydrogen-bond acceptors (Lipinski definition) is 3. The summed E-state index contributed by atoms with van der Waals surface area (Å²) < 4.78 is 5.24. The van der Waals surface area contributed by atoms with Crippen LogP contribution in [0.4, 0.5) is 0 Å². The van der Waals surface area contributed by atoms with Gasteiger partial charge < -0.3 is 4.74 Å². The van der Waals surface area contributed by atoms with Gasteiger partial charge >= 0.3 is 5.97 Å². The third-order valence-corrected chi connectivity index (χ3v) is 3.86. The minimum absolute atomic E-state index is 0.147. The molecule has 0 aromatic heterocycles. The Bertz CT molecular complexity index is 440. The van der Waals surface area contributed by atoms with Gasteiger partial charge in [-0.25, -0.2) is 0 Å². The maximum Gasteiger partial charge on any atom is 0.312 e. The van der Waals surface area contributed by atoms with Crippen LogP contribution >= 0.6 is 0 Å². The maximum absolute atomic E-state index is 12.3. The first-order valence-corrected chi connectivity index (χ1v) is 6.89. The molecule has 1 fully saturated rings. The van der Waals surface area contributed by atoms with E-state index in [1.165, 1.54) is 0 Å². The molecule has 0 amide bonds. The number of hydrogen-bond donors (Lipinski definition) is 0. The number of Topliss-reactive ketones (excluding diaryl/α,β-unsaturated/α-hetero) is 1. The van der Waals surface area contributed by atoms with Crippen molar-refractivity contribution in [1.82, 2.24) is 0 Å². The number of benzene rings is 1. The Morgan fingerprint density at radius 3 is 2.42 bits per heavy atom. The molecule has 0 bridgehead atoms. The van der Waals surface area contributed by atoms with Crippen LogP contribution in [0, 0.1) is 5.41 Å². The van der Waals surface area contributed by atoms with E-state index in [0.717, 1.165) is 5.56 Å². The SMILES string of the molecule is CCOC(=O)C1(Cc2ccccc2)CCC(=O)CC1. The maximum atomic E-state index is 12.3. The van der Waals surface area contributed by atoms with Crippen LogP contribution in [0.25, 0.3) is 0 Å². The molecule has 19 heavy (non-hydrogen) atoms. The monoisotopic (exact) mass is 260 g/mol. The van der Waals surface area contributed by atoms with Gasteiger partial charge in [-0.05, 0) is 31.7 Å². The smallest absolute Gasteiger partial charge is 0.312 e. The minimum atomic E-state index is -0.509. The fourth-order valence-corrected chi connectivity index (χ4v) is 2.73. The van der Waals surface area contributed by atoms with E-state index in [1.807, 2.05) is 37.3 Å². The van der Waals surface area contributed by atoms with E-state index in [4.69, 9.17) is 4.74 Å². The van der Waals surface area contributed by atoms with Crippen molar-refractivity contribution in [2.75, 3.05) is 6.61 Å². The van der Waals surface area contributed by atoms with Crippen molar-refractivity contribution in [3.63, 3.8) is 0 Å². The van der Waals surface area contributed by atoms with Crippen LogP contribution in [0.2, 0.25) is 0 Å². The molecule has 0 spiro atoms. The van der Waals surface area contributed by atoms with Crippen molar-refractivity contribution < 1.29 is 14.3 Å². The zero-order valence-corrected chi connectivity index (χ0v) is 11.4. The number of ether oxygens (including phenoxy) is 1. The van der Waals surface area contributed by atoms with Crippen molar-refractivity contribution in [2.45, 2.75) is 39.0 Å². The summed E-state index contributed by atoms with van der Waals surface area (Å²) in [7, 11) is 0. The van der Waals surface area contributed by atoms with E-state index < -0.39 is 5.41 Å². The van der Waals surface area contributed by atoms with Crippen LogP contribution in [-0.2, 0) is 20.7 Å². The Kier molecular flexibility index (Phi) is 4.35. The molecular formula is C16H20O3. The quantitative estimate of drug-likeness (QED) is 0.782. The molecule has 0 N–H and O–H groups in total. The van der Waals surface area contributed by atoms with E-state index in [0.29, 0.717) is 38.7 Å². The summed E-state index contributed by atoms with van der Waals surface area (Å²) in [5.41, 5.74) is 0.621. The molecule has 0 saturated heterocycles. The van der Waals surface area contributed by atoms with Gasteiger partial charge in [0, 0.05) is 12.8 Å². The van der Waals surface area contributed by atoms with Crippen LogP contribution in [0.1, 0.15) is 38.2 Å². The van der Waals surface area contributed by atoms with Crippen molar-refractivity contribution in [2.24, 2.45) is 5.41 Å². The second kappa shape index (κ2) is 6.00. The molecule has 0 unspecified atom stereocenters. The Morgan fingerprint density at radius 1 is 1.21 bits per heavy atom. The van der Waals surface area contributed by atoms with Gasteiger partial charge in [0.05, 0.1) is 12.0 Å². The zero-order valence-electron chi connectivity index (χ0n) is 11.4. The second-order valence-electron chi connectivity index (χ2n) is 5.20. The van der Waals surface area contributed by atoms with Gasteiger partial charge in [-0.1, -0.05) is 30.3 Å². The number of esters is 1. The predicted molar refractivity (Wildman–Crippen MR) is 72.7 cm³/mol. The average molecular weight is 260 g/mol. The van der Waals surface area contributed by atoms with E-state index in [2.05, 4.69) is 0 Å². The molecule has 0 atom stereocenters. The van der Waals surface area contributed by atoms with E-state index in [-0.39, 0.29) is 11.8 Å². The van der Waals surface area contributed by atoms with Crippen LogP contribution in [0.3, 0.4) is 0 Å². The fraction of sp³-hybridized carbons (Fsp3) is 0.500. The lowest BCUT2D eigenvalue weighted by Gasteiger charge is -2.34. The van der Waals surface area contributed by atoms with Gasteiger partial charge in [0.1, 0.15) is 5.78 Å². The molecule has 0 heterocycles. The third kappa shape index (κ3) is 3.22. The van der Waals surface area contributed by atoms with Crippen molar-refractivity contribution in [1.29, 1.82) is 0 Å². The van der Waals surface area contributed by atoms with Gasteiger partial charge in [0.15, 0.2) is 0 Å². The van der Waals surface area contributed by atoms with Gasteiger partial charge in [-0.15, -0.1) is 0 Å². The highest BCUT2D eigenvalue weighted by Gasteiger charge is 2.42. The van der Waals surface area contributed by atoms with Crippen LogP contribution in [0.15, 0.2) is 30.3 Å². The molecule has 1 aliphatic rings. The highest BCUT2D eigenvalue weighted by atomic mass is 16.5. The molecule has 102 valence electrons. The normalized spacial score (nSPS) is 18.1. The number of ketones is 1.